The van der Waals surface area contributed by atoms with Crippen molar-refractivity contribution >= 4 is 34.1 Å². The number of ether oxygens (including phenoxy) is 1. The number of amides is 1. The number of anilines is 1. The van der Waals surface area contributed by atoms with E-state index < -0.39 is 0 Å². The summed E-state index contributed by atoms with van der Waals surface area (Å²) in [5.41, 5.74) is 12.6. The van der Waals surface area contributed by atoms with E-state index in [0.717, 1.165) is 33.7 Å². The molecule has 3 aromatic heterocycles. The predicted molar refractivity (Wildman–Crippen MR) is 145 cm³/mol. The van der Waals surface area contributed by atoms with Crippen LogP contribution in [0.15, 0.2) is 83.7 Å². The number of rotatable bonds is 7. The molecule has 0 saturated heterocycles. The fourth-order valence-corrected chi connectivity index (χ4v) is 4.68. The number of para-hydroxylation sites is 1. The first kappa shape index (κ1) is 22.8. The lowest BCUT2D eigenvalue weighted by Crippen LogP contribution is -2.30. The Labute approximate surface area is 214 Å². The fraction of sp³-hybridized carbons (Fsp3) is 0.133. The molecule has 0 spiro atoms. The highest BCUT2D eigenvalue weighted by Crippen LogP contribution is 2.37. The van der Waals surface area contributed by atoms with E-state index in [9.17, 15) is 4.79 Å². The van der Waals surface area contributed by atoms with Gasteiger partial charge in [0.2, 0.25) is 0 Å². The van der Waals surface area contributed by atoms with Crippen molar-refractivity contribution in [3.05, 3.63) is 102 Å². The van der Waals surface area contributed by atoms with Crippen LogP contribution in [0.3, 0.4) is 0 Å². The minimum atomic E-state index is -0.169. The van der Waals surface area contributed by atoms with Crippen LogP contribution in [0.25, 0.3) is 33.7 Å². The van der Waals surface area contributed by atoms with Gasteiger partial charge in [-0.2, -0.15) is 0 Å². The number of furan rings is 1. The highest BCUT2D eigenvalue weighted by atomic mass is 16.5. The molecule has 2 aromatic carbocycles. The van der Waals surface area contributed by atoms with Gasteiger partial charge in [-0.1, -0.05) is 24.3 Å². The molecule has 0 unspecified atom stereocenters. The van der Waals surface area contributed by atoms with Gasteiger partial charge < -0.3 is 25.2 Å². The summed E-state index contributed by atoms with van der Waals surface area (Å²) < 4.78 is 11.7. The summed E-state index contributed by atoms with van der Waals surface area (Å²) >= 11 is 0. The second-order valence-corrected chi connectivity index (χ2v) is 9.26. The van der Waals surface area contributed by atoms with E-state index in [4.69, 9.17) is 14.9 Å². The Morgan fingerprint density at radius 2 is 1.97 bits per heavy atom. The SMILES string of the molecule is Cc1ccc(C=C2C(=O)Nc3ccc(-c4cncc(OC[C@@H](N)Cc5c[nH]c6ccccc56)c4)cc32)o1. The average molecular weight is 491 g/mol. The molecule has 0 radical (unpaired) electrons. The topological polar surface area (TPSA) is 106 Å². The Bertz CT molecular complexity index is 1650. The van der Waals surface area contributed by atoms with Crippen LogP contribution in [-0.4, -0.2) is 28.5 Å². The summed E-state index contributed by atoms with van der Waals surface area (Å²) in [5, 5.41) is 4.10. The van der Waals surface area contributed by atoms with Crippen LogP contribution in [0, 0.1) is 6.92 Å². The number of aromatic nitrogens is 2. The summed E-state index contributed by atoms with van der Waals surface area (Å²) in [6.45, 7) is 2.24. The van der Waals surface area contributed by atoms with Crippen LogP contribution < -0.4 is 15.8 Å². The van der Waals surface area contributed by atoms with Crippen molar-refractivity contribution in [3.8, 4) is 16.9 Å². The van der Waals surface area contributed by atoms with Crippen molar-refractivity contribution in [2.45, 2.75) is 19.4 Å². The molecule has 4 heterocycles. The third-order valence-corrected chi connectivity index (χ3v) is 6.52. The third-order valence-electron chi connectivity index (χ3n) is 6.52. The molecule has 7 heteroatoms. The molecule has 0 aliphatic carbocycles. The maximum Gasteiger partial charge on any atom is 0.256 e. The molecule has 4 N–H and O–H groups in total. The number of nitrogens with zero attached hydrogens (tertiary/aromatic N) is 1. The number of H-pyrrole nitrogens is 1. The highest BCUT2D eigenvalue weighted by molar-refractivity contribution is 6.35. The summed E-state index contributed by atoms with van der Waals surface area (Å²) in [6, 6.07) is 19.5. The van der Waals surface area contributed by atoms with Gasteiger partial charge in [0.05, 0.1) is 11.8 Å². The van der Waals surface area contributed by atoms with Crippen molar-refractivity contribution < 1.29 is 13.9 Å². The zero-order chi connectivity index (χ0) is 25.4. The predicted octanol–water partition coefficient (Wildman–Crippen LogP) is 5.57. The van der Waals surface area contributed by atoms with Crippen LogP contribution in [0.2, 0.25) is 0 Å². The number of hydrogen-bond acceptors (Lipinski definition) is 5. The van der Waals surface area contributed by atoms with Crippen molar-refractivity contribution in [1.82, 2.24) is 9.97 Å². The number of aryl methyl sites for hydroxylation is 1. The molecule has 1 aliphatic rings. The number of pyridine rings is 1. The molecule has 184 valence electrons. The van der Waals surface area contributed by atoms with Gasteiger partial charge in [0.25, 0.3) is 5.91 Å². The molecule has 5 aromatic rings. The van der Waals surface area contributed by atoms with E-state index in [0.29, 0.717) is 30.1 Å². The summed E-state index contributed by atoms with van der Waals surface area (Å²) in [4.78, 5) is 20.3. The van der Waals surface area contributed by atoms with E-state index in [1.165, 1.54) is 10.9 Å². The fourth-order valence-electron chi connectivity index (χ4n) is 4.68. The second kappa shape index (κ2) is 9.44. The Balaban J connectivity index is 1.18. The van der Waals surface area contributed by atoms with Gasteiger partial charge in [-0.25, -0.2) is 0 Å². The average Bonchev–Trinajstić information content (AvgIpc) is 3.60. The van der Waals surface area contributed by atoms with Crippen molar-refractivity contribution in [3.63, 3.8) is 0 Å². The minimum Gasteiger partial charge on any atom is -0.490 e. The second-order valence-electron chi connectivity index (χ2n) is 9.26. The van der Waals surface area contributed by atoms with Gasteiger partial charge in [-0.3, -0.25) is 9.78 Å². The molecule has 1 aliphatic heterocycles. The van der Waals surface area contributed by atoms with Crippen molar-refractivity contribution in [1.29, 1.82) is 0 Å². The van der Waals surface area contributed by atoms with Crippen molar-refractivity contribution in [2.75, 3.05) is 11.9 Å². The number of carbonyl (C=O) groups excluding carboxylic acids is 1. The quantitative estimate of drug-likeness (QED) is 0.259. The van der Waals surface area contributed by atoms with Gasteiger partial charge in [0, 0.05) is 46.2 Å². The largest absolute Gasteiger partial charge is 0.490 e. The first-order valence-electron chi connectivity index (χ1n) is 12.2. The van der Waals surface area contributed by atoms with Crippen molar-refractivity contribution in [2.24, 2.45) is 5.73 Å². The first-order valence-corrected chi connectivity index (χ1v) is 12.2. The zero-order valence-corrected chi connectivity index (χ0v) is 20.3. The van der Waals surface area contributed by atoms with Crippen LogP contribution in [0.5, 0.6) is 5.75 Å². The maximum absolute atomic E-state index is 12.6. The lowest BCUT2D eigenvalue weighted by Gasteiger charge is -2.13. The molecule has 1 amide bonds. The van der Waals surface area contributed by atoms with E-state index in [1.54, 1.807) is 18.5 Å². The van der Waals surface area contributed by atoms with Crippen LogP contribution >= 0.6 is 0 Å². The molecule has 37 heavy (non-hydrogen) atoms. The Morgan fingerprint density at radius 3 is 2.84 bits per heavy atom. The van der Waals surface area contributed by atoms with Gasteiger partial charge in [-0.15, -0.1) is 0 Å². The number of aromatic amines is 1. The van der Waals surface area contributed by atoms with Gasteiger partial charge in [-0.05, 0) is 66.9 Å². The molecule has 1 atom stereocenters. The van der Waals surface area contributed by atoms with Gasteiger partial charge in [0.1, 0.15) is 23.9 Å². The highest BCUT2D eigenvalue weighted by Gasteiger charge is 2.25. The zero-order valence-electron chi connectivity index (χ0n) is 20.3. The van der Waals surface area contributed by atoms with E-state index in [1.807, 2.05) is 61.7 Å². The Kier molecular flexibility index (Phi) is 5.82. The first-order chi connectivity index (χ1) is 18.0. The molecule has 7 nitrogen and oxygen atoms in total. The summed E-state index contributed by atoms with van der Waals surface area (Å²) in [5.74, 6) is 1.93. The van der Waals surface area contributed by atoms with E-state index >= 15 is 0 Å². The number of nitrogens with one attached hydrogen (secondary N) is 2. The molecule has 0 bridgehead atoms. The summed E-state index contributed by atoms with van der Waals surface area (Å²) in [6.07, 6.45) is 7.95. The lowest BCUT2D eigenvalue weighted by molar-refractivity contribution is -0.110. The van der Waals surface area contributed by atoms with Gasteiger partial charge >= 0.3 is 0 Å². The number of benzene rings is 2. The number of nitrogens with two attached hydrogens (primary N) is 1. The Hall–Kier alpha value is -4.62. The maximum atomic E-state index is 12.6. The summed E-state index contributed by atoms with van der Waals surface area (Å²) in [7, 11) is 0. The van der Waals surface area contributed by atoms with Gasteiger partial charge in [0.15, 0.2) is 0 Å². The molecular weight excluding hydrogens is 464 g/mol. The molecule has 6 rings (SSSR count). The lowest BCUT2D eigenvalue weighted by atomic mass is 10.00. The normalized spacial score (nSPS) is 14.6. The number of carbonyl (C=O) groups is 1. The molecule has 0 fully saturated rings. The van der Waals surface area contributed by atoms with Crippen LogP contribution in [0.4, 0.5) is 5.69 Å². The third kappa shape index (κ3) is 4.64. The number of hydrogen-bond donors (Lipinski definition) is 3. The van der Waals surface area contributed by atoms with E-state index in [-0.39, 0.29) is 11.9 Å². The monoisotopic (exact) mass is 490 g/mol. The standard InChI is InChI=1S/C30H26N4O3/c1-18-6-8-23(37-18)13-27-26-12-19(7-9-29(26)34-30(27)35)20-11-24(16-32-14-20)36-17-22(31)10-21-15-33-28-5-3-2-4-25(21)28/h2-9,11-16,22,33H,10,17,31H2,1H3,(H,34,35)/t22-/m0/s1. The molecular formula is C30H26N4O3. The molecule has 0 saturated carbocycles. The van der Waals surface area contributed by atoms with E-state index in [2.05, 4.69) is 27.4 Å². The van der Waals surface area contributed by atoms with Crippen LogP contribution in [-0.2, 0) is 11.2 Å². The smallest absolute Gasteiger partial charge is 0.256 e. The number of fused-ring (bicyclic) bond motifs is 2. The Morgan fingerprint density at radius 1 is 1.08 bits per heavy atom. The minimum absolute atomic E-state index is 0.152. The van der Waals surface area contributed by atoms with Crippen LogP contribution in [0.1, 0.15) is 22.6 Å².